The van der Waals surface area contributed by atoms with Crippen molar-refractivity contribution in [2.24, 2.45) is 0 Å². The van der Waals surface area contributed by atoms with Crippen LogP contribution in [0.5, 0.6) is 0 Å². The first-order valence-corrected chi connectivity index (χ1v) is 6.78. The highest BCUT2D eigenvalue weighted by Crippen LogP contribution is 2.35. The second-order valence-corrected chi connectivity index (χ2v) is 4.87. The Hall–Kier alpha value is -1.93. The fraction of sp³-hybridized carbons (Fsp3) is 0.231. The van der Waals surface area contributed by atoms with Gasteiger partial charge in [-0.25, -0.2) is 4.79 Å². The van der Waals surface area contributed by atoms with E-state index in [2.05, 4.69) is 4.57 Å². The summed E-state index contributed by atoms with van der Waals surface area (Å²) in [4.78, 5) is 12.6. The van der Waals surface area contributed by atoms with Gasteiger partial charge in [0.1, 0.15) is 6.07 Å². The molecular formula is C13H10N2O2S. The minimum atomic E-state index is -0.546. The van der Waals surface area contributed by atoms with Crippen LogP contribution in [0.2, 0.25) is 0 Å². The number of nitrogens with zero attached hydrogens (tertiary/aromatic N) is 2. The van der Waals surface area contributed by atoms with Crippen molar-refractivity contribution >= 4 is 11.8 Å². The predicted octanol–water partition coefficient (Wildman–Crippen LogP) is 2.26. The average Bonchev–Trinajstić information content (AvgIpc) is 2.85. The minimum absolute atomic E-state index is 0.126. The van der Waals surface area contributed by atoms with Gasteiger partial charge in [0.25, 0.3) is 0 Å². The van der Waals surface area contributed by atoms with Crippen molar-refractivity contribution in [2.45, 2.75) is 17.9 Å². The van der Waals surface area contributed by atoms with Crippen LogP contribution >= 0.6 is 11.8 Å². The van der Waals surface area contributed by atoms with Crippen LogP contribution in [0, 0.1) is 11.3 Å². The molecule has 0 spiro atoms. The second kappa shape index (κ2) is 4.07. The van der Waals surface area contributed by atoms with E-state index in [0.717, 1.165) is 29.1 Å². The van der Waals surface area contributed by atoms with E-state index in [0.29, 0.717) is 5.76 Å². The maximum Gasteiger partial charge on any atom is 0.355 e. The summed E-state index contributed by atoms with van der Waals surface area (Å²) < 4.78 is 7.39. The van der Waals surface area contributed by atoms with Crippen LogP contribution in [0.15, 0.2) is 32.4 Å². The van der Waals surface area contributed by atoms with Gasteiger partial charge in [-0.15, -0.1) is 11.8 Å². The standard InChI is InChI=1S/C13H10N2O2S/c1-18-12-8-4-6-15-5-2-3-10(15)11(8)17-13(16)9(12)7-14/h2-3,5H,4,6H2,1H3. The Morgan fingerprint density at radius 3 is 3.11 bits per heavy atom. The molecular weight excluding hydrogens is 248 g/mol. The SMILES string of the molecule is CSc1c2c(oc(=O)c1C#N)-c1cccn1CC2. The summed E-state index contributed by atoms with van der Waals surface area (Å²) >= 11 is 1.43. The van der Waals surface area contributed by atoms with Gasteiger partial charge in [-0.3, -0.25) is 0 Å². The number of aryl methyl sites for hydroxylation is 1. The number of aromatic nitrogens is 1. The van der Waals surface area contributed by atoms with E-state index in [1.54, 1.807) is 0 Å². The summed E-state index contributed by atoms with van der Waals surface area (Å²) in [7, 11) is 0. The van der Waals surface area contributed by atoms with Crippen molar-refractivity contribution in [1.29, 1.82) is 5.26 Å². The Balaban J connectivity index is 2.38. The summed E-state index contributed by atoms with van der Waals surface area (Å²) in [5.74, 6) is 0.611. The molecule has 0 amide bonds. The third-order valence-corrected chi connectivity index (χ3v) is 4.01. The van der Waals surface area contributed by atoms with E-state index in [4.69, 9.17) is 9.68 Å². The molecule has 2 aromatic heterocycles. The molecule has 1 aliphatic heterocycles. The van der Waals surface area contributed by atoms with Gasteiger partial charge in [0.05, 0.1) is 5.69 Å². The van der Waals surface area contributed by atoms with Crippen molar-refractivity contribution < 1.29 is 4.42 Å². The highest BCUT2D eigenvalue weighted by atomic mass is 32.2. The molecule has 0 saturated heterocycles. The Morgan fingerprint density at radius 2 is 2.39 bits per heavy atom. The van der Waals surface area contributed by atoms with E-state index in [1.165, 1.54) is 11.8 Å². The van der Waals surface area contributed by atoms with E-state index < -0.39 is 5.63 Å². The van der Waals surface area contributed by atoms with Gasteiger partial charge in [-0.1, -0.05) is 0 Å². The normalized spacial score (nSPS) is 12.7. The molecule has 4 nitrogen and oxygen atoms in total. The summed E-state index contributed by atoms with van der Waals surface area (Å²) in [5, 5.41) is 9.06. The first-order valence-electron chi connectivity index (χ1n) is 5.56. The molecule has 1 aliphatic rings. The zero-order valence-electron chi connectivity index (χ0n) is 9.77. The second-order valence-electron chi connectivity index (χ2n) is 4.05. The molecule has 3 rings (SSSR count). The van der Waals surface area contributed by atoms with Crippen LogP contribution in [0.3, 0.4) is 0 Å². The van der Waals surface area contributed by atoms with Gasteiger partial charge in [0.15, 0.2) is 11.3 Å². The Bertz CT molecular complexity index is 722. The topological polar surface area (TPSA) is 58.9 Å². The zero-order valence-corrected chi connectivity index (χ0v) is 10.6. The minimum Gasteiger partial charge on any atom is -0.420 e. The van der Waals surface area contributed by atoms with Crippen LogP contribution in [0.1, 0.15) is 11.1 Å². The molecule has 3 heterocycles. The third-order valence-electron chi connectivity index (χ3n) is 3.15. The number of rotatable bonds is 1. The van der Waals surface area contributed by atoms with Crippen LogP contribution in [-0.4, -0.2) is 10.8 Å². The Kier molecular flexibility index (Phi) is 2.53. The monoisotopic (exact) mass is 258 g/mol. The highest BCUT2D eigenvalue weighted by molar-refractivity contribution is 7.98. The van der Waals surface area contributed by atoms with Crippen molar-refractivity contribution in [1.82, 2.24) is 4.57 Å². The van der Waals surface area contributed by atoms with E-state index in [-0.39, 0.29) is 5.56 Å². The largest absolute Gasteiger partial charge is 0.420 e. The molecule has 2 aromatic rings. The number of nitriles is 1. The molecule has 0 unspecified atom stereocenters. The molecule has 0 aromatic carbocycles. The summed E-state index contributed by atoms with van der Waals surface area (Å²) in [6.07, 6.45) is 4.63. The Morgan fingerprint density at radius 1 is 1.56 bits per heavy atom. The van der Waals surface area contributed by atoms with Gasteiger partial charge in [0, 0.05) is 23.2 Å². The molecule has 0 fully saturated rings. The molecule has 18 heavy (non-hydrogen) atoms. The average molecular weight is 258 g/mol. The lowest BCUT2D eigenvalue weighted by Gasteiger charge is -2.20. The fourth-order valence-electron chi connectivity index (χ4n) is 2.36. The van der Waals surface area contributed by atoms with E-state index in [9.17, 15) is 4.79 Å². The van der Waals surface area contributed by atoms with Gasteiger partial charge < -0.3 is 8.98 Å². The lowest BCUT2D eigenvalue weighted by molar-refractivity contribution is 0.489. The summed E-state index contributed by atoms with van der Waals surface area (Å²) in [6.45, 7) is 0.849. The van der Waals surface area contributed by atoms with Crippen molar-refractivity contribution in [3.05, 3.63) is 39.9 Å². The van der Waals surface area contributed by atoms with Gasteiger partial charge in [0.2, 0.25) is 0 Å². The highest BCUT2D eigenvalue weighted by Gasteiger charge is 2.24. The molecule has 0 N–H and O–H groups in total. The lowest BCUT2D eigenvalue weighted by atomic mass is 10.0. The quantitative estimate of drug-likeness (QED) is 0.736. The molecule has 0 saturated carbocycles. The zero-order chi connectivity index (χ0) is 12.7. The van der Waals surface area contributed by atoms with Crippen molar-refractivity contribution in [3.63, 3.8) is 0 Å². The van der Waals surface area contributed by atoms with Crippen LogP contribution < -0.4 is 5.63 Å². The number of hydrogen-bond donors (Lipinski definition) is 0. The maximum absolute atomic E-state index is 11.8. The summed E-state index contributed by atoms with van der Waals surface area (Å²) in [5.41, 5.74) is 1.47. The van der Waals surface area contributed by atoms with Crippen molar-refractivity contribution in [2.75, 3.05) is 6.26 Å². The smallest absolute Gasteiger partial charge is 0.355 e. The summed E-state index contributed by atoms with van der Waals surface area (Å²) in [6, 6.07) is 5.81. The van der Waals surface area contributed by atoms with Crippen LogP contribution in [-0.2, 0) is 13.0 Å². The van der Waals surface area contributed by atoms with Gasteiger partial charge >= 0.3 is 5.63 Å². The van der Waals surface area contributed by atoms with Crippen LogP contribution in [0.25, 0.3) is 11.5 Å². The lowest BCUT2D eigenvalue weighted by Crippen LogP contribution is -2.16. The first kappa shape index (κ1) is 11.2. The van der Waals surface area contributed by atoms with Gasteiger partial charge in [-0.05, 0) is 24.8 Å². The molecule has 0 bridgehead atoms. The molecule has 90 valence electrons. The van der Waals surface area contributed by atoms with Gasteiger partial charge in [-0.2, -0.15) is 5.26 Å². The van der Waals surface area contributed by atoms with Crippen LogP contribution in [0.4, 0.5) is 0 Å². The predicted molar refractivity (Wildman–Crippen MR) is 68.6 cm³/mol. The molecule has 0 atom stereocenters. The molecule has 0 aliphatic carbocycles. The first-order chi connectivity index (χ1) is 8.76. The number of hydrogen-bond acceptors (Lipinski definition) is 4. The molecule has 5 heteroatoms. The fourth-order valence-corrected chi connectivity index (χ4v) is 3.13. The Labute approximate surface area is 108 Å². The number of fused-ring (bicyclic) bond motifs is 3. The van der Waals surface area contributed by atoms with E-state index >= 15 is 0 Å². The molecule has 0 radical (unpaired) electrons. The maximum atomic E-state index is 11.8. The number of thioether (sulfide) groups is 1. The van der Waals surface area contributed by atoms with E-state index in [1.807, 2.05) is 30.7 Å². The van der Waals surface area contributed by atoms with Crippen molar-refractivity contribution in [3.8, 4) is 17.5 Å². The third kappa shape index (κ3) is 1.42.